The number of aliphatic carboxylic acids is 1. The van der Waals surface area contributed by atoms with E-state index in [1.54, 1.807) is 0 Å². The highest BCUT2D eigenvalue weighted by Crippen LogP contribution is 2.20. The van der Waals surface area contributed by atoms with Crippen molar-refractivity contribution in [3.8, 4) is 11.5 Å². The maximum Gasteiger partial charge on any atom is 0.519 e. The van der Waals surface area contributed by atoms with Gasteiger partial charge in [0.2, 0.25) is 0 Å². The first-order valence-electron chi connectivity index (χ1n) is 6.77. The van der Waals surface area contributed by atoms with Crippen molar-refractivity contribution in [2.45, 2.75) is 6.92 Å². The lowest BCUT2D eigenvalue weighted by Crippen LogP contribution is -2.13. The Morgan fingerprint density at radius 3 is 1.31 bits per heavy atom. The Morgan fingerprint density at radius 1 is 0.808 bits per heavy atom. The molecule has 1 N–H and O–H groups in total. The number of carbonyl (C=O) groups excluding carboxylic acids is 1. The largest absolute Gasteiger partial charge is 0.519 e. The Morgan fingerprint density at radius 2 is 1.08 bits per heavy atom. The van der Waals surface area contributed by atoms with Gasteiger partial charge in [0.1, 0.15) is 11.5 Å². The third kappa shape index (κ3) is 7.04. The van der Waals surface area contributed by atoms with E-state index in [9.17, 15) is 25.0 Å². The first-order chi connectivity index (χ1) is 12.2. The molecule has 0 unspecified atom stereocenters. The minimum absolute atomic E-state index is 0.0671. The molecule has 0 aliphatic rings. The normalized spacial score (nSPS) is 9.27. The number of nitrogens with zero attached hydrogens (tertiary/aromatic N) is 2. The molecule has 0 spiro atoms. The fourth-order valence-corrected chi connectivity index (χ4v) is 1.49. The lowest BCUT2D eigenvalue weighted by molar-refractivity contribution is -0.385. The standard InChI is InChI=1S/C13H8N2O7.C2H4O2/c16-13(21-11-5-1-9(2-6-11)14(17)18)22-12-7-3-10(4-8-12)15(19)20;1-2(3)4/h1-8H;1H3,(H,3,4). The predicted molar refractivity (Wildman–Crippen MR) is 86.2 cm³/mol. The molecule has 0 saturated carbocycles. The van der Waals surface area contributed by atoms with Gasteiger partial charge in [0.15, 0.2) is 0 Å². The van der Waals surface area contributed by atoms with Crippen LogP contribution in [0.5, 0.6) is 11.5 Å². The first-order valence-corrected chi connectivity index (χ1v) is 6.77. The Kier molecular flexibility index (Phi) is 7.18. The molecule has 0 heterocycles. The van der Waals surface area contributed by atoms with Crippen LogP contribution in [0.3, 0.4) is 0 Å². The third-order valence-electron chi connectivity index (χ3n) is 2.50. The molecule has 0 saturated heterocycles. The van der Waals surface area contributed by atoms with Gasteiger partial charge in [-0.15, -0.1) is 0 Å². The van der Waals surface area contributed by atoms with E-state index < -0.39 is 22.0 Å². The van der Waals surface area contributed by atoms with Crippen LogP contribution in [0, 0.1) is 20.2 Å². The minimum Gasteiger partial charge on any atom is -0.481 e. The van der Waals surface area contributed by atoms with E-state index in [1.807, 2.05) is 0 Å². The number of nitro groups is 2. The number of rotatable bonds is 4. The number of ether oxygens (including phenoxy) is 2. The topological polar surface area (TPSA) is 159 Å². The molecule has 0 bridgehead atoms. The quantitative estimate of drug-likeness (QED) is 0.372. The van der Waals surface area contributed by atoms with E-state index in [2.05, 4.69) is 0 Å². The van der Waals surface area contributed by atoms with Gasteiger partial charge >= 0.3 is 6.16 Å². The van der Waals surface area contributed by atoms with Crippen LogP contribution < -0.4 is 9.47 Å². The van der Waals surface area contributed by atoms with E-state index >= 15 is 0 Å². The van der Waals surface area contributed by atoms with Crippen molar-refractivity contribution >= 4 is 23.5 Å². The molecule has 0 fully saturated rings. The van der Waals surface area contributed by atoms with Gasteiger partial charge in [0.05, 0.1) is 9.85 Å². The predicted octanol–water partition coefficient (Wildman–Crippen LogP) is 3.17. The fraction of sp³-hybridized carbons (Fsp3) is 0.0667. The molecular weight excluding hydrogens is 352 g/mol. The lowest BCUT2D eigenvalue weighted by atomic mass is 10.3. The van der Waals surface area contributed by atoms with Crippen LogP contribution in [0.25, 0.3) is 0 Å². The minimum atomic E-state index is -1.07. The maximum atomic E-state index is 11.5. The molecule has 136 valence electrons. The van der Waals surface area contributed by atoms with Crippen LogP contribution in [0.15, 0.2) is 48.5 Å². The van der Waals surface area contributed by atoms with Crippen LogP contribution >= 0.6 is 0 Å². The fourth-order valence-electron chi connectivity index (χ4n) is 1.49. The number of benzene rings is 2. The molecule has 11 heteroatoms. The van der Waals surface area contributed by atoms with Gasteiger partial charge in [0.25, 0.3) is 17.3 Å². The molecule has 2 aromatic carbocycles. The van der Waals surface area contributed by atoms with Crippen molar-refractivity contribution in [3.63, 3.8) is 0 Å². The molecule has 0 atom stereocenters. The molecule has 0 radical (unpaired) electrons. The zero-order valence-corrected chi connectivity index (χ0v) is 13.2. The number of hydrogen-bond donors (Lipinski definition) is 1. The Bertz CT molecular complexity index is 735. The molecule has 0 aliphatic heterocycles. The van der Waals surface area contributed by atoms with Gasteiger partial charge in [0, 0.05) is 31.2 Å². The summed E-state index contributed by atoms with van der Waals surface area (Å²) in [5.41, 5.74) is -0.285. The van der Waals surface area contributed by atoms with Crippen molar-refractivity contribution < 1.29 is 34.0 Å². The van der Waals surface area contributed by atoms with Gasteiger partial charge in [-0.25, -0.2) is 4.79 Å². The average molecular weight is 364 g/mol. The number of nitro benzene ring substituents is 2. The summed E-state index contributed by atoms with van der Waals surface area (Å²) < 4.78 is 9.63. The Balaban J connectivity index is 0.000000765. The molecule has 0 aliphatic carbocycles. The van der Waals surface area contributed by atoms with Crippen LogP contribution in [0.2, 0.25) is 0 Å². The highest BCUT2D eigenvalue weighted by molar-refractivity contribution is 5.67. The highest BCUT2D eigenvalue weighted by Gasteiger charge is 2.11. The van der Waals surface area contributed by atoms with Crippen LogP contribution in [0.1, 0.15) is 6.92 Å². The molecule has 0 aromatic heterocycles. The van der Waals surface area contributed by atoms with Gasteiger partial charge in [-0.2, -0.15) is 0 Å². The van der Waals surface area contributed by atoms with Crippen molar-refractivity contribution in [2.75, 3.05) is 0 Å². The highest BCUT2D eigenvalue weighted by atomic mass is 16.7. The van der Waals surface area contributed by atoms with E-state index in [0.29, 0.717) is 0 Å². The number of carbonyl (C=O) groups is 2. The van der Waals surface area contributed by atoms with Gasteiger partial charge < -0.3 is 14.6 Å². The summed E-state index contributed by atoms with van der Waals surface area (Å²) in [4.78, 5) is 40.3. The van der Waals surface area contributed by atoms with E-state index in [0.717, 1.165) is 6.92 Å². The Hall–Kier alpha value is -4.02. The van der Waals surface area contributed by atoms with E-state index in [-0.39, 0.29) is 22.9 Å². The van der Waals surface area contributed by atoms with Crippen molar-refractivity contribution in [1.82, 2.24) is 0 Å². The summed E-state index contributed by atoms with van der Waals surface area (Å²) >= 11 is 0. The van der Waals surface area contributed by atoms with Gasteiger partial charge in [-0.1, -0.05) is 0 Å². The number of hydrogen-bond acceptors (Lipinski definition) is 8. The molecule has 2 rings (SSSR count). The first kappa shape index (κ1) is 20.0. The summed E-state index contributed by atoms with van der Waals surface area (Å²) in [6.07, 6.45) is -1.07. The zero-order valence-electron chi connectivity index (χ0n) is 13.2. The number of carboxylic acids is 1. The second-order valence-corrected chi connectivity index (χ2v) is 4.48. The summed E-state index contributed by atoms with van der Waals surface area (Å²) in [7, 11) is 0. The van der Waals surface area contributed by atoms with Crippen LogP contribution in [-0.2, 0) is 4.79 Å². The van der Waals surface area contributed by atoms with Crippen LogP contribution in [-0.4, -0.2) is 27.1 Å². The third-order valence-corrected chi connectivity index (χ3v) is 2.50. The maximum absolute atomic E-state index is 11.5. The van der Waals surface area contributed by atoms with Crippen molar-refractivity contribution in [2.24, 2.45) is 0 Å². The SMILES string of the molecule is CC(=O)O.O=C(Oc1ccc([N+](=O)[O-])cc1)Oc1ccc([N+](=O)[O-])cc1. The second-order valence-electron chi connectivity index (χ2n) is 4.48. The molecule has 2 aromatic rings. The number of non-ortho nitro benzene ring substituents is 2. The van der Waals surface area contributed by atoms with E-state index in [4.69, 9.17) is 19.4 Å². The van der Waals surface area contributed by atoms with Crippen molar-refractivity contribution in [1.29, 1.82) is 0 Å². The monoisotopic (exact) mass is 364 g/mol. The average Bonchev–Trinajstić information content (AvgIpc) is 2.55. The van der Waals surface area contributed by atoms with Crippen molar-refractivity contribution in [3.05, 3.63) is 68.8 Å². The molecule has 11 nitrogen and oxygen atoms in total. The number of carboxylic acid groups (broad SMARTS) is 1. The molecule has 0 amide bonds. The summed E-state index contributed by atoms with van der Waals surface area (Å²) in [6.45, 7) is 1.08. The Labute approximate surface area is 145 Å². The van der Waals surface area contributed by atoms with E-state index in [1.165, 1.54) is 48.5 Å². The zero-order chi connectivity index (χ0) is 19.7. The summed E-state index contributed by atoms with van der Waals surface area (Å²) in [5.74, 6) is -0.699. The smallest absolute Gasteiger partial charge is 0.481 e. The molecular formula is C15H12N2O9. The second kappa shape index (κ2) is 9.32. The van der Waals surface area contributed by atoms with Gasteiger partial charge in [-0.3, -0.25) is 25.0 Å². The van der Waals surface area contributed by atoms with Crippen LogP contribution in [0.4, 0.5) is 16.2 Å². The summed E-state index contributed by atoms with van der Waals surface area (Å²) in [6, 6.07) is 9.68. The molecule has 26 heavy (non-hydrogen) atoms. The van der Waals surface area contributed by atoms with Gasteiger partial charge in [-0.05, 0) is 24.3 Å². The summed E-state index contributed by atoms with van der Waals surface area (Å²) in [5, 5.41) is 28.4. The lowest BCUT2D eigenvalue weighted by Gasteiger charge is -2.05.